The predicted molar refractivity (Wildman–Crippen MR) is 81.0 cm³/mol. The monoisotopic (exact) mass is 245 g/mol. The molecule has 0 amide bonds. The van der Waals surface area contributed by atoms with Gasteiger partial charge in [0, 0.05) is 6.04 Å². The molecule has 1 aromatic carbocycles. The van der Waals surface area contributed by atoms with E-state index in [1.165, 1.54) is 29.5 Å². The van der Waals surface area contributed by atoms with Crippen LogP contribution in [0.15, 0.2) is 36.4 Å². The molecular weight excluding hydrogens is 218 g/mol. The van der Waals surface area contributed by atoms with Gasteiger partial charge in [-0.3, -0.25) is 0 Å². The average molecular weight is 245 g/mol. The summed E-state index contributed by atoms with van der Waals surface area (Å²) in [5.74, 6) is 0. The first-order chi connectivity index (χ1) is 8.61. The minimum absolute atomic E-state index is 0.573. The summed E-state index contributed by atoms with van der Waals surface area (Å²) < 4.78 is 0. The molecule has 0 aromatic heterocycles. The third-order valence-corrected chi connectivity index (χ3v) is 3.21. The van der Waals surface area contributed by atoms with Crippen LogP contribution in [-0.4, -0.2) is 12.6 Å². The lowest BCUT2D eigenvalue weighted by molar-refractivity contribution is 0.477. The van der Waals surface area contributed by atoms with Crippen LogP contribution >= 0.6 is 0 Å². The number of rotatable bonds is 8. The SMILES string of the molecule is C=C(C)CCC(Cc1ccc(C)cc1)NCCC. The third kappa shape index (κ3) is 6.02. The van der Waals surface area contributed by atoms with Crippen molar-refractivity contribution in [3.63, 3.8) is 0 Å². The van der Waals surface area contributed by atoms with E-state index in [4.69, 9.17) is 0 Å². The highest BCUT2D eigenvalue weighted by atomic mass is 14.9. The van der Waals surface area contributed by atoms with Gasteiger partial charge in [0.1, 0.15) is 0 Å². The van der Waals surface area contributed by atoms with E-state index in [0.29, 0.717) is 6.04 Å². The maximum absolute atomic E-state index is 4.00. The highest BCUT2D eigenvalue weighted by molar-refractivity contribution is 5.22. The molecule has 0 bridgehead atoms. The molecule has 18 heavy (non-hydrogen) atoms. The third-order valence-electron chi connectivity index (χ3n) is 3.21. The molecule has 1 atom stereocenters. The van der Waals surface area contributed by atoms with Crippen LogP contribution in [0.4, 0.5) is 0 Å². The van der Waals surface area contributed by atoms with Gasteiger partial charge < -0.3 is 5.32 Å². The smallest absolute Gasteiger partial charge is 0.0110 e. The first kappa shape index (κ1) is 15.0. The van der Waals surface area contributed by atoms with E-state index in [9.17, 15) is 0 Å². The first-order valence-corrected chi connectivity index (χ1v) is 7.05. The van der Waals surface area contributed by atoms with Crippen LogP contribution in [-0.2, 0) is 6.42 Å². The molecule has 1 heteroatoms. The Morgan fingerprint density at radius 1 is 1.28 bits per heavy atom. The molecule has 1 nitrogen and oxygen atoms in total. The van der Waals surface area contributed by atoms with Crippen LogP contribution in [0, 0.1) is 6.92 Å². The molecule has 1 unspecified atom stereocenters. The highest BCUT2D eigenvalue weighted by Gasteiger charge is 2.08. The fourth-order valence-electron chi connectivity index (χ4n) is 2.05. The second kappa shape index (κ2) is 8.10. The molecule has 100 valence electrons. The van der Waals surface area contributed by atoms with Crippen molar-refractivity contribution in [1.29, 1.82) is 0 Å². The lowest BCUT2D eigenvalue weighted by Gasteiger charge is -2.19. The van der Waals surface area contributed by atoms with Crippen molar-refractivity contribution in [2.75, 3.05) is 6.54 Å². The Morgan fingerprint density at radius 2 is 1.94 bits per heavy atom. The molecule has 0 aliphatic rings. The van der Waals surface area contributed by atoms with Crippen LogP contribution in [0.5, 0.6) is 0 Å². The molecule has 1 aromatic rings. The van der Waals surface area contributed by atoms with E-state index >= 15 is 0 Å². The van der Waals surface area contributed by atoms with Crippen molar-refractivity contribution in [2.24, 2.45) is 0 Å². The average Bonchev–Trinajstić information content (AvgIpc) is 2.35. The van der Waals surface area contributed by atoms with Gasteiger partial charge in [0.25, 0.3) is 0 Å². The van der Waals surface area contributed by atoms with Gasteiger partial charge >= 0.3 is 0 Å². The van der Waals surface area contributed by atoms with E-state index in [0.717, 1.165) is 19.4 Å². The molecule has 1 N–H and O–H groups in total. The highest BCUT2D eigenvalue weighted by Crippen LogP contribution is 2.11. The Kier molecular flexibility index (Phi) is 6.74. The van der Waals surface area contributed by atoms with E-state index in [1.54, 1.807) is 0 Å². The number of benzene rings is 1. The summed E-state index contributed by atoms with van der Waals surface area (Å²) in [7, 11) is 0. The summed E-state index contributed by atoms with van der Waals surface area (Å²) in [6.07, 6.45) is 4.61. The molecule has 0 saturated heterocycles. The predicted octanol–water partition coefficient (Wildman–Crippen LogP) is 4.26. The van der Waals surface area contributed by atoms with Crippen LogP contribution in [0.2, 0.25) is 0 Å². The summed E-state index contributed by atoms with van der Waals surface area (Å²) >= 11 is 0. The molecule has 0 heterocycles. The van der Waals surface area contributed by atoms with Crippen molar-refractivity contribution in [1.82, 2.24) is 5.32 Å². The number of hydrogen-bond donors (Lipinski definition) is 1. The Balaban J connectivity index is 2.53. The van der Waals surface area contributed by atoms with Gasteiger partial charge in [0.15, 0.2) is 0 Å². The lowest BCUT2D eigenvalue weighted by atomic mass is 9.99. The Hall–Kier alpha value is -1.08. The summed E-state index contributed by atoms with van der Waals surface area (Å²) in [4.78, 5) is 0. The maximum Gasteiger partial charge on any atom is 0.0110 e. The standard InChI is InChI=1S/C17H27N/c1-5-12-18-17(11-6-14(2)3)13-16-9-7-15(4)8-10-16/h7-10,17-18H,2,5-6,11-13H2,1,3-4H3. The topological polar surface area (TPSA) is 12.0 Å². The van der Waals surface area contributed by atoms with Crippen molar-refractivity contribution in [2.45, 2.75) is 52.5 Å². The quantitative estimate of drug-likeness (QED) is 0.675. The summed E-state index contributed by atoms with van der Waals surface area (Å²) in [6, 6.07) is 9.47. The van der Waals surface area contributed by atoms with E-state index in [-0.39, 0.29) is 0 Å². The summed E-state index contributed by atoms with van der Waals surface area (Å²) in [6.45, 7) is 11.6. The number of allylic oxidation sites excluding steroid dienone is 1. The van der Waals surface area contributed by atoms with Gasteiger partial charge in [-0.15, -0.1) is 6.58 Å². The van der Waals surface area contributed by atoms with Gasteiger partial charge in [-0.2, -0.15) is 0 Å². The van der Waals surface area contributed by atoms with Gasteiger partial charge in [-0.1, -0.05) is 42.3 Å². The molecule has 0 saturated carbocycles. The molecule has 0 radical (unpaired) electrons. The lowest BCUT2D eigenvalue weighted by Crippen LogP contribution is -2.31. The number of aryl methyl sites for hydroxylation is 1. The van der Waals surface area contributed by atoms with Gasteiger partial charge in [0.05, 0.1) is 0 Å². The zero-order chi connectivity index (χ0) is 13.4. The maximum atomic E-state index is 4.00. The van der Waals surface area contributed by atoms with E-state index in [1.807, 2.05) is 0 Å². The van der Waals surface area contributed by atoms with Crippen LogP contribution in [0.1, 0.15) is 44.2 Å². The van der Waals surface area contributed by atoms with Crippen LogP contribution in [0.3, 0.4) is 0 Å². The van der Waals surface area contributed by atoms with Crippen LogP contribution < -0.4 is 5.32 Å². The number of hydrogen-bond acceptors (Lipinski definition) is 1. The van der Waals surface area contributed by atoms with Gasteiger partial charge in [-0.25, -0.2) is 0 Å². The van der Waals surface area contributed by atoms with Crippen molar-refractivity contribution in [3.05, 3.63) is 47.5 Å². The van der Waals surface area contributed by atoms with Gasteiger partial charge in [0.2, 0.25) is 0 Å². The number of nitrogens with one attached hydrogen (secondary N) is 1. The van der Waals surface area contributed by atoms with E-state index in [2.05, 4.69) is 56.9 Å². The second-order valence-electron chi connectivity index (χ2n) is 5.34. The fourth-order valence-corrected chi connectivity index (χ4v) is 2.05. The molecule has 0 aliphatic carbocycles. The summed E-state index contributed by atoms with van der Waals surface area (Å²) in [5.41, 5.74) is 4.04. The Morgan fingerprint density at radius 3 is 2.50 bits per heavy atom. The second-order valence-corrected chi connectivity index (χ2v) is 5.34. The first-order valence-electron chi connectivity index (χ1n) is 7.05. The zero-order valence-electron chi connectivity index (χ0n) is 12.1. The van der Waals surface area contributed by atoms with Crippen molar-refractivity contribution in [3.8, 4) is 0 Å². The summed E-state index contributed by atoms with van der Waals surface area (Å²) in [5, 5.41) is 3.65. The minimum Gasteiger partial charge on any atom is -0.314 e. The molecular formula is C17H27N. The Labute approximate surface area is 112 Å². The zero-order valence-corrected chi connectivity index (χ0v) is 12.1. The molecule has 0 spiro atoms. The van der Waals surface area contributed by atoms with Crippen molar-refractivity contribution >= 4 is 0 Å². The van der Waals surface area contributed by atoms with Gasteiger partial charge in [-0.05, 0) is 51.6 Å². The fraction of sp³-hybridized carbons (Fsp3) is 0.529. The minimum atomic E-state index is 0.573. The molecule has 1 rings (SSSR count). The molecule has 0 fully saturated rings. The molecule has 0 aliphatic heterocycles. The van der Waals surface area contributed by atoms with E-state index < -0.39 is 0 Å². The normalized spacial score (nSPS) is 12.4. The largest absolute Gasteiger partial charge is 0.314 e. The van der Waals surface area contributed by atoms with Crippen LogP contribution in [0.25, 0.3) is 0 Å². The van der Waals surface area contributed by atoms with Crippen molar-refractivity contribution < 1.29 is 0 Å². The Bertz CT molecular complexity index is 350.